The van der Waals surface area contributed by atoms with E-state index in [0.717, 1.165) is 27.9 Å². The smallest absolute Gasteiger partial charge is 0.232 e. The Morgan fingerprint density at radius 2 is 2.13 bits per heavy atom. The summed E-state index contributed by atoms with van der Waals surface area (Å²) in [5.41, 5.74) is 1.16. The van der Waals surface area contributed by atoms with Crippen LogP contribution in [0.5, 0.6) is 0 Å². The van der Waals surface area contributed by atoms with Crippen molar-refractivity contribution < 1.29 is 4.79 Å². The fourth-order valence-electron chi connectivity index (χ4n) is 1.72. The Hall–Kier alpha value is -1.18. The third kappa shape index (κ3) is 6.45. The summed E-state index contributed by atoms with van der Waals surface area (Å²) in [5, 5.41) is 11.1. The van der Waals surface area contributed by atoms with Crippen LogP contribution in [-0.4, -0.2) is 38.6 Å². The van der Waals surface area contributed by atoms with Crippen LogP contribution in [-0.2, 0) is 10.5 Å². The minimum atomic E-state index is -0.0959. The van der Waals surface area contributed by atoms with E-state index in [9.17, 15) is 4.79 Å². The molecule has 1 aromatic carbocycles. The summed E-state index contributed by atoms with van der Waals surface area (Å²) in [5.74, 6) is 2.38. The van der Waals surface area contributed by atoms with Crippen molar-refractivity contribution in [2.24, 2.45) is 0 Å². The summed E-state index contributed by atoms with van der Waals surface area (Å²) in [6, 6.07) is 7.69. The van der Waals surface area contributed by atoms with Crippen molar-refractivity contribution in [3.63, 3.8) is 0 Å². The number of nitrogens with zero attached hydrogens (tertiary/aromatic N) is 2. The summed E-state index contributed by atoms with van der Waals surface area (Å²) in [4.78, 5) is 16.2. The predicted octanol–water partition coefficient (Wildman–Crippen LogP) is 3.30. The molecule has 0 saturated heterocycles. The Morgan fingerprint density at radius 3 is 2.78 bits per heavy atom. The van der Waals surface area contributed by atoms with Crippen molar-refractivity contribution in [1.29, 1.82) is 0 Å². The molecular weight excluding hydrogens is 352 g/mol. The first-order valence-electron chi connectivity index (χ1n) is 7.20. The molecule has 2 N–H and O–H groups in total. The summed E-state index contributed by atoms with van der Waals surface area (Å²) >= 11 is 8.99. The highest BCUT2D eigenvalue weighted by Gasteiger charge is 2.13. The first kappa shape index (κ1) is 18.2. The van der Waals surface area contributed by atoms with Crippen LogP contribution in [0.4, 0.5) is 0 Å². The van der Waals surface area contributed by atoms with Crippen LogP contribution < -0.4 is 5.32 Å². The molecule has 1 aromatic heterocycles. The first-order chi connectivity index (χ1) is 11.0. The largest absolute Gasteiger partial charge is 0.354 e. The number of H-pyrrole nitrogens is 1. The number of hydrogen-bond donors (Lipinski definition) is 2. The second kappa shape index (κ2) is 9.20. The zero-order valence-electron chi connectivity index (χ0n) is 13.0. The molecule has 0 unspecified atom stereocenters. The fourth-order valence-corrected chi connectivity index (χ4v) is 3.42. The van der Waals surface area contributed by atoms with Gasteiger partial charge in [-0.05, 0) is 31.5 Å². The second-order valence-electron chi connectivity index (χ2n) is 4.92. The Balaban J connectivity index is 1.63. The van der Waals surface area contributed by atoms with Gasteiger partial charge in [-0.3, -0.25) is 9.89 Å². The molecular formula is C15H19ClN4OS2. The molecule has 23 heavy (non-hydrogen) atoms. The number of rotatable bonds is 8. The number of halogens is 1. The molecule has 2 rings (SSSR count). The van der Waals surface area contributed by atoms with Gasteiger partial charge in [0.2, 0.25) is 11.1 Å². The van der Waals surface area contributed by atoms with E-state index in [-0.39, 0.29) is 11.2 Å². The molecule has 0 aliphatic carbocycles. The number of thioether (sulfide) groups is 2. The van der Waals surface area contributed by atoms with Gasteiger partial charge < -0.3 is 5.32 Å². The lowest BCUT2D eigenvalue weighted by Crippen LogP contribution is -2.32. The third-order valence-corrected chi connectivity index (χ3v) is 5.31. The van der Waals surface area contributed by atoms with Gasteiger partial charge in [0.25, 0.3) is 0 Å². The molecule has 124 valence electrons. The van der Waals surface area contributed by atoms with Gasteiger partial charge in [-0.2, -0.15) is 0 Å². The molecule has 2 aromatic rings. The average molecular weight is 371 g/mol. The number of benzene rings is 1. The first-order valence-corrected chi connectivity index (χ1v) is 9.61. The maximum Gasteiger partial charge on any atom is 0.232 e. The Kier molecular flexibility index (Phi) is 7.26. The van der Waals surface area contributed by atoms with Crippen LogP contribution in [0.2, 0.25) is 5.02 Å². The standard InChI is InChI=1S/C15H19ClN4OS2/c1-10(23-9-12-3-5-13(16)6-4-12)14(21)17-7-8-22-15-18-11(2)19-20-15/h3-6,10H,7-9H2,1-2H3,(H,17,21)(H,18,19,20)/t10-/m0/s1. The van der Waals surface area contributed by atoms with Crippen LogP contribution in [0.15, 0.2) is 29.4 Å². The van der Waals surface area contributed by atoms with E-state index < -0.39 is 0 Å². The summed E-state index contributed by atoms with van der Waals surface area (Å²) < 4.78 is 0. The Labute approximate surface area is 149 Å². The van der Waals surface area contributed by atoms with Crippen molar-refractivity contribution in [3.8, 4) is 0 Å². The van der Waals surface area contributed by atoms with Crippen LogP contribution >= 0.6 is 35.1 Å². The van der Waals surface area contributed by atoms with Crippen molar-refractivity contribution in [1.82, 2.24) is 20.5 Å². The fraction of sp³-hybridized carbons (Fsp3) is 0.400. The van der Waals surface area contributed by atoms with Crippen molar-refractivity contribution in [2.45, 2.75) is 30.0 Å². The van der Waals surface area contributed by atoms with Crippen molar-refractivity contribution in [3.05, 3.63) is 40.7 Å². The third-order valence-electron chi connectivity index (χ3n) is 2.99. The van der Waals surface area contributed by atoms with E-state index in [4.69, 9.17) is 11.6 Å². The zero-order valence-corrected chi connectivity index (χ0v) is 15.4. The Bertz CT molecular complexity index is 633. The normalized spacial score (nSPS) is 12.1. The molecule has 0 aliphatic rings. The van der Waals surface area contributed by atoms with Gasteiger partial charge in [0.1, 0.15) is 5.82 Å². The van der Waals surface area contributed by atoms with E-state index in [2.05, 4.69) is 20.5 Å². The number of aromatic amines is 1. The number of amides is 1. The van der Waals surface area contributed by atoms with E-state index in [0.29, 0.717) is 11.7 Å². The maximum absolute atomic E-state index is 12.0. The van der Waals surface area contributed by atoms with Gasteiger partial charge in [0.15, 0.2) is 0 Å². The minimum Gasteiger partial charge on any atom is -0.354 e. The molecule has 0 saturated carbocycles. The number of carbonyl (C=O) groups is 1. The van der Waals surface area contributed by atoms with E-state index in [1.54, 1.807) is 11.8 Å². The number of aromatic nitrogens is 3. The van der Waals surface area contributed by atoms with Crippen LogP contribution in [0, 0.1) is 6.92 Å². The number of carbonyl (C=O) groups excluding carboxylic acids is 1. The molecule has 0 spiro atoms. The monoisotopic (exact) mass is 370 g/mol. The molecule has 0 radical (unpaired) electrons. The van der Waals surface area contributed by atoms with Gasteiger partial charge >= 0.3 is 0 Å². The zero-order chi connectivity index (χ0) is 16.7. The topological polar surface area (TPSA) is 70.7 Å². The van der Waals surface area contributed by atoms with Crippen LogP contribution in [0.3, 0.4) is 0 Å². The van der Waals surface area contributed by atoms with Crippen molar-refractivity contribution >= 4 is 41.0 Å². The summed E-state index contributed by atoms with van der Waals surface area (Å²) in [6.07, 6.45) is 0. The highest BCUT2D eigenvalue weighted by Crippen LogP contribution is 2.19. The molecule has 0 fully saturated rings. The molecule has 1 heterocycles. The van der Waals surface area contributed by atoms with Gasteiger partial charge in [0, 0.05) is 23.1 Å². The number of aryl methyl sites for hydroxylation is 1. The SMILES string of the molecule is Cc1nc(SCCNC(=O)[C@H](C)SCc2ccc(Cl)cc2)n[nH]1. The molecule has 5 nitrogen and oxygen atoms in total. The number of nitrogens with one attached hydrogen (secondary N) is 2. The predicted molar refractivity (Wildman–Crippen MR) is 97.1 cm³/mol. The Morgan fingerprint density at radius 1 is 1.39 bits per heavy atom. The second-order valence-corrected chi connectivity index (χ2v) is 7.75. The van der Waals surface area contributed by atoms with Gasteiger partial charge in [-0.25, -0.2) is 4.98 Å². The van der Waals surface area contributed by atoms with Gasteiger partial charge in [0.05, 0.1) is 5.25 Å². The van der Waals surface area contributed by atoms with Crippen molar-refractivity contribution in [2.75, 3.05) is 12.3 Å². The van der Waals surface area contributed by atoms with E-state index in [1.165, 1.54) is 11.8 Å². The lowest BCUT2D eigenvalue weighted by Gasteiger charge is -2.11. The highest BCUT2D eigenvalue weighted by atomic mass is 35.5. The number of hydrogen-bond acceptors (Lipinski definition) is 5. The lowest BCUT2D eigenvalue weighted by atomic mass is 10.2. The van der Waals surface area contributed by atoms with E-state index in [1.807, 2.05) is 38.1 Å². The van der Waals surface area contributed by atoms with Gasteiger partial charge in [-0.1, -0.05) is 35.5 Å². The highest BCUT2D eigenvalue weighted by molar-refractivity contribution is 7.99. The maximum atomic E-state index is 12.0. The average Bonchev–Trinajstić information content (AvgIpc) is 2.96. The quantitative estimate of drug-likeness (QED) is 0.551. The van der Waals surface area contributed by atoms with E-state index >= 15 is 0 Å². The van der Waals surface area contributed by atoms with Crippen LogP contribution in [0.25, 0.3) is 0 Å². The molecule has 8 heteroatoms. The molecule has 1 amide bonds. The molecule has 0 bridgehead atoms. The minimum absolute atomic E-state index is 0.0516. The summed E-state index contributed by atoms with van der Waals surface area (Å²) in [7, 11) is 0. The van der Waals surface area contributed by atoms with Crippen LogP contribution in [0.1, 0.15) is 18.3 Å². The molecule has 1 atom stereocenters. The molecule has 0 aliphatic heterocycles. The van der Waals surface area contributed by atoms with Gasteiger partial charge in [-0.15, -0.1) is 16.9 Å². The lowest BCUT2D eigenvalue weighted by molar-refractivity contribution is -0.120. The summed E-state index contributed by atoms with van der Waals surface area (Å²) in [6.45, 7) is 4.38.